The molecule has 0 aliphatic carbocycles. The molecule has 1 heterocycles. The van der Waals surface area contributed by atoms with Gasteiger partial charge in [0.25, 0.3) is 0 Å². The van der Waals surface area contributed by atoms with E-state index in [1.165, 1.54) is 0 Å². The van der Waals surface area contributed by atoms with Gasteiger partial charge in [0.1, 0.15) is 0 Å². The largest absolute Gasteiger partial charge is 0.436 e. The summed E-state index contributed by atoms with van der Waals surface area (Å²) < 4.78 is 5.23. The Hall–Kier alpha value is -1.55. The number of nitrogens with one attached hydrogen (secondary N) is 1. The van der Waals surface area contributed by atoms with Gasteiger partial charge in [-0.1, -0.05) is 24.3 Å². The van der Waals surface area contributed by atoms with E-state index in [9.17, 15) is 4.79 Å². The summed E-state index contributed by atoms with van der Waals surface area (Å²) in [4.78, 5) is 11.0. The second-order valence-electron chi connectivity index (χ2n) is 3.87. The number of nitrogens with two attached hydrogens (primary N) is 1. The molecule has 1 amide bonds. The number of hydrogen-bond acceptors (Lipinski definition) is 3. The Balaban J connectivity index is 2.25. The van der Waals surface area contributed by atoms with Gasteiger partial charge in [0.05, 0.1) is 6.54 Å². The lowest BCUT2D eigenvalue weighted by Crippen LogP contribution is -2.26. The molecule has 1 saturated heterocycles. The van der Waals surface area contributed by atoms with Gasteiger partial charge in [-0.2, -0.15) is 0 Å². The fourth-order valence-corrected chi connectivity index (χ4v) is 1.67. The van der Waals surface area contributed by atoms with Crippen LogP contribution in [0.25, 0.3) is 0 Å². The van der Waals surface area contributed by atoms with Crippen LogP contribution in [0.2, 0.25) is 0 Å². The van der Waals surface area contributed by atoms with Crippen LogP contribution >= 0.6 is 0 Å². The van der Waals surface area contributed by atoms with E-state index in [4.69, 9.17) is 10.5 Å². The minimum atomic E-state index is -0.551. The third kappa shape index (κ3) is 1.80. The first-order valence-electron chi connectivity index (χ1n) is 4.90. The molecule has 1 aromatic carbocycles. The molecule has 2 rings (SSSR count). The number of benzene rings is 1. The molecule has 80 valence electrons. The number of alkyl carbamates (subject to hydrolysis) is 1. The number of rotatable bonds is 2. The highest BCUT2D eigenvalue weighted by molar-refractivity contribution is 5.70. The molecule has 1 fully saturated rings. The molecule has 0 radical (unpaired) electrons. The van der Waals surface area contributed by atoms with E-state index in [1.54, 1.807) is 0 Å². The summed E-state index contributed by atoms with van der Waals surface area (Å²) in [6.07, 6.45) is -0.361. The van der Waals surface area contributed by atoms with Crippen LogP contribution in [0, 0.1) is 0 Å². The van der Waals surface area contributed by atoms with Crippen molar-refractivity contribution >= 4 is 6.09 Å². The SMILES string of the molecule is CC1(c2ccc(CN)cc2)CNC(=O)O1. The number of amides is 1. The molecule has 1 atom stereocenters. The molecule has 1 aromatic rings. The molecule has 4 heteroatoms. The third-order valence-corrected chi connectivity index (χ3v) is 2.69. The Kier molecular flexibility index (Phi) is 2.36. The number of cyclic esters (lactones) is 1. The maximum atomic E-state index is 11.0. The molecule has 3 N–H and O–H groups in total. The van der Waals surface area contributed by atoms with Gasteiger partial charge >= 0.3 is 6.09 Å². The maximum Gasteiger partial charge on any atom is 0.408 e. The van der Waals surface area contributed by atoms with Gasteiger partial charge in [-0.25, -0.2) is 4.79 Å². The Morgan fingerprint density at radius 3 is 2.60 bits per heavy atom. The molecule has 4 nitrogen and oxygen atoms in total. The van der Waals surface area contributed by atoms with E-state index in [2.05, 4.69) is 5.32 Å². The van der Waals surface area contributed by atoms with E-state index in [-0.39, 0.29) is 6.09 Å². The molecular formula is C11H14N2O2. The average molecular weight is 206 g/mol. The van der Waals surface area contributed by atoms with Gasteiger partial charge in [-0.05, 0) is 18.1 Å². The van der Waals surface area contributed by atoms with Crippen molar-refractivity contribution in [3.05, 3.63) is 35.4 Å². The van der Waals surface area contributed by atoms with E-state index < -0.39 is 5.60 Å². The zero-order valence-corrected chi connectivity index (χ0v) is 8.62. The van der Waals surface area contributed by atoms with Crippen LogP contribution in [0.3, 0.4) is 0 Å². The van der Waals surface area contributed by atoms with E-state index in [0.717, 1.165) is 11.1 Å². The van der Waals surface area contributed by atoms with E-state index in [0.29, 0.717) is 13.1 Å². The highest BCUT2D eigenvalue weighted by Gasteiger charge is 2.37. The van der Waals surface area contributed by atoms with Crippen molar-refractivity contribution in [2.45, 2.75) is 19.1 Å². The normalized spacial score (nSPS) is 24.8. The lowest BCUT2D eigenvalue weighted by atomic mass is 9.95. The van der Waals surface area contributed by atoms with Crippen LogP contribution in [-0.2, 0) is 16.9 Å². The van der Waals surface area contributed by atoms with E-state index in [1.807, 2.05) is 31.2 Å². The van der Waals surface area contributed by atoms with Crippen molar-refractivity contribution in [1.82, 2.24) is 5.32 Å². The van der Waals surface area contributed by atoms with Crippen molar-refractivity contribution in [3.8, 4) is 0 Å². The topological polar surface area (TPSA) is 64.3 Å². The van der Waals surface area contributed by atoms with Crippen molar-refractivity contribution in [2.24, 2.45) is 5.73 Å². The van der Waals surface area contributed by atoms with Crippen molar-refractivity contribution in [2.75, 3.05) is 6.54 Å². The first-order chi connectivity index (χ1) is 7.14. The van der Waals surface area contributed by atoms with E-state index >= 15 is 0 Å². The van der Waals surface area contributed by atoms with Crippen LogP contribution in [0.1, 0.15) is 18.1 Å². The maximum absolute atomic E-state index is 11.0. The predicted molar refractivity (Wildman–Crippen MR) is 56.2 cm³/mol. The highest BCUT2D eigenvalue weighted by atomic mass is 16.6. The molecule has 1 aliphatic rings. The van der Waals surface area contributed by atoms with Gasteiger partial charge in [-0.3, -0.25) is 0 Å². The second-order valence-corrected chi connectivity index (χ2v) is 3.87. The van der Waals surface area contributed by atoms with Crippen LogP contribution < -0.4 is 11.1 Å². The highest BCUT2D eigenvalue weighted by Crippen LogP contribution is 2.28. The first-order valence-corrected chi connectivity index (χ1v) is 4.90. The first kappa shape index (κ1) is 9.98. The van der Waals surface area contributed by atoms with Gasteiger partial charge < -0.3 is 15.8 Å². The molecule has 1 aliphatic heterocycles. The standard InChI is InChI=1S/C11H14N2O2/c1-11(7-13-10(14)15-11)9-4-2-8(6-12)3-5-9/h2-5H,6-7,12H2,1H3,(H,13,14). The summed E-state index contributed by atoms with van der Waals surface area (Å²) in [5.74, 6) is 0. The van der Waals surface area contributed by atoms with Crippen LogP contribution in [0.5, 0.6) is 0 Å². The van der Waals surface area contributed by atoms with Gasteiger partial charge in [0.2, 0.25) is 0 Å². The fourth-order valence-electron chi connectivity index (χ4n) is 1.67. The Bertz CT molecular complexity index is 375. The van der Waals surface area contributed by atoms with Gasteiger partial charge in [0, 0.05) is 6.54 Å². The van der Waals surface area contributed by atoms with Crippen LogP contribution in [0.15, 0.2) is 24.3 Å². The summed E-state index contributed by atoms with van der Waals surface area (Å²) in [5.41, 5.74) is 7.01. The van der Waals surface area contributed by atoms with Crippen LogP contribution in [0.4, 0.5) is 4.79 Å². The molecule has 0 bridgehead atoms. The average Bonchev–Trinajstić information content (AvgIpc) is 2.60. The Labute approximate surface area is 88.4 Å². The number of carbonyl (C=O) groups is 1. The fraction of sp³-hybridized carbons (Fsp3) is 0.364. The van der Waals surface area contributed by atoms with Crippen molar-refractivity contribution in [1.29, 1.82) is 0 Å². The molecule has 0 spiro atoms. The lowest BCUT2D eigenvalue weighted by Gasteiger charge is -2.21. The summed E-state index contributed by atoms with van der Waals surface area (Å²) in [7, 11) is 0. The molecule has 1 unspecified atom stereocenters. The van der Waals surface area contributed by atoms with Gasteiger partial charge in [-0.15, -0.1) is 0 Å². The number of carbonyl (C=O) groups excluding carboxylic acids is 1. The monoisotopic (exact) mass is 206 g/mol. The zero-order chi connectivity index (χ0) is 10.9. The summed E-state index contributed by atoms with van der Waals surface area (Å²) in [6, 6.07) is 7.80. The molecule has 15 heavy (non-hydrogen) atoms. The second kappa shape index (κ2) is 3.55. The van der Waals surface area contributed by atoms with Crippen LogP contribution in [-0.4, -0.2) is 12.6 Å². The molecule has 0 saturated carbocycles. The molecular weight excluding hydrogens is 192 g/mol. The predicted octanol–water partition coefficient (Wildman–Crippen LogP) is 1.10. The quantitative estimate of drug-likeness (QED) is 0.761. The summed E-state index contributed by atoms with van der Waals surface area (Å²) >= 11 is 0. The Morgan fingerprint density at radius 1 is 1.47 bits per heavy atom. The molecule has 0 aromatic heterocycles. The number of hydrogen-bond donors (Lipinski definition) is 2. The minimum Gasteiger partial charge on any atom is -0.436 e. The Morgan fingerprint density at radius 2 is 2.13 bits per heavy atom. The summed E-state index contributed by atoms with van der Waals surface area (Å²) in [5, 5.41) is 2.65. The van der Waals surface area contributed by atoms with Crippen molar-refractivity contribution in [3.63, 3.8) is 0 Å². The minimum absolute atomic E-state index is 0.361. The third-order valence-electron chi connectivity index (χ3n) is 2.69. The van der Waals surface area contributed by atoms with Crippen molar-refractivity contribution < 1.29 is 9.53 Å². The summed E-state index contributed by atoms with van der Waals surface area (Å²) in [6.45, 7) is 2.92. The zero-order valence-electron chi connectivity index (χ0n) is 8.62. The number of ether oxygens (including phenoxy) is 1. The lowest BCUT2D eigenvalue weighted by molar-refractivity contribution is 0.0704. The smallest absolute Gasteiger partial charge is 0.408 e. The van der Waals surface area contributed by atoms with Gasteiger partial charge in [0.15, 0.2) is 5.60 Å².